The first-order valence-electron chi connectivity index (χ1n) is 13.3. The van der Waals surface area contributed by atoms with Crippen molar-refractivity contribution in [1.82, 2.24) is 19.3 Å². The SMILES string of the molecule is Cc1cc(C)c(-c2nnc(-c3ccccc3)n2-c2ccc(-n3c4ccccc4c4ccccc43)cc2)c(C)c1. The van der Waals surface area contributed by atoms with Gasteiger partial charge in [0.25, 0.3) is 0 Å². The van der Waals surface area contributed by atoms with Crippen LogP contribution in [0.2, 0.25) is 0 Å². The molecule has 0 fully saturated rings. The first kappa shape index (κ1) is 23.2. The van der Waals surface area contributed by atoms with Gasteiger partial charge in [0, 0.05) is 33.3 Å². The van der Waals surface area contributed by atoms with Gasteiger partial charge in [-0.1, -0.05) is 84.4 Å². The van der Waals surface area contributed by atoms with E-state index in [9.17, 15) is 0 Å². The number of aryl methyl sites for hydroxylation is 3. The van der Waals surface area contributed by atoms with Crippen LogP contribution in [0.5, 0.6) is 0 Å². The molecule has 0 N–H and O–H groups in total. The summed E-state index contributed by atoms with van der Waals surface area (Å²) in [7, 11) is 0. The van der Waals surface area contributed by atoms with Crippen molar-refractivity contribution in [1.29, 1.82) is 0 Å². The van der Waals surface area contributed by atoms with Crippen molar-refractivity contribution in [2.45, 2.75) is 20.8 Å². The van der Waals surface area contributed by atoms with E-state index in [0.29, 0.717) is 0 Å². The maximum absolute atomic E-state index is 4.75. The van der Waals surface area contributed by atoms with Gasteiger partial charge in [-0.2, -0.15) is 0 Å². The molecule has 0 aliphatic heterocycles. The molecule has 0 bridgehead atoms. The van der Waals surface area contributed by atoms with Crippen LogP contribution >= 0.6 is 0 Å². The standard InChI is InChI=1S/C35H28N4/c1-23-21-24(2)33(25(3)22-23)35-37-36-34(26-11-5-4-6-12-26)39(35)28-19-17-27(18-20-28)38-31-15-9-7-13-29(31)30-14-8-10-16-32(30)38/h4-22H,1-3H3. The van der Waals surface area contributed by atoms with Crippen molar-refractivity contribution >= 4 is 21.8 Å². The number of para-hydroxylation sites is 2. The van der Waals surface area contributed by atoms with Crippen LogP contribution in [0.1, 0.15) is 16.7 Å². The minimum Gasteiger partial charge on any atom is -0.309 e. The zero-order chi connectivity index (χ0) is 26.5. The predicted molar refractivity (Wildman–Crippen MR) is 161 cm³/mol. The van der Waals surface area contributed by atoms with E-state index in [0.717, 1.165) is 34.2 Å². The first-order chi connectivity index (χ1) is 19.1. The molecular weight excluding hydrogens is 476 g/mol. The fraction of sp³-hybridized carbons (Fsp3) is 0.0857. The molecule has 4 nitrogen and oxygen atoms in total. The molecule has 2 aromatic heterocycles. The van der Waals surface area contributed by atoms with Crippen LogP contribution in [-0.4, -0.2) is 19.3 Å². The molecule has 0 amide bonds. The Balaban J connectivity index is 1.43. The van der Waals surface area contributed by atoms with Crippen molar-refractivity contribution in [3.63, 3.8) is 0 Å². The van der Waals surface area contributed by atoms with Crippen molar-refractivity contribution in [3.8, 4) is 34.2 Å². The summed E-state index contributed by atoms with van der Waals surface area (Å²) in [5.74, 6) is 1.68. The van der Waals surface area contributed by atoms with Crippen molar-refractivity contribution in [2.75, 3.05) is 0 Å². The molecular formula is C35H28N4. The Labute approximate surface area is 227 Å². The van der Waals surface area contributed by atoms with Gasteiger partial charge in [0.1, 0.15) is 0 Å². The number of hydrogen-bond acceptors (Lipinski definition) is 2. The number of hydrogen-bond donors (Lipinski definition) is 0. The Hall–Kier alpha value is -4.96. The molecule has 5 aromatic carbocycles. The van der Waals surface area contributed by atoms with Gasteiger partial charge < -0.3 is 4.57 Å². The molecule has 39 heavy (non-hydrogen) atoms. The van der Waals surface area contributed by atoms with Gasteiger partial charge in [-0.3, -0.25) is 4.57 Å². The van der Waals surface area contributed by atoms with E-state index >= 15 is 0 Å². The number of fused-ring (bicyclic) bond motifs is 3. The van der Waals surface area contributed by atoms with E-state index in [4.69, 9.17) is 10.2 Å². The monoisotopic (exact) mass is 504 g/mol. The lowest BCUT2D eigenvalue weighted by Crippen LogP contribution is -2.03. The molecule has 0 spiro atoms. The van der Waals surface area contributed by atoms with Gasteiger partial charge >= 0.3 is 0 Å². The molecule has 0 unspecified atom stereocenters. The van der Waals surface area contributed by atoms with E-state index in [2.05, 4.69) is 127 Å². The normalized spacial score (nSPS) is 11.5. The summed E-state index contributed by atoms with van der Waals surface area (Å²) >= 11 is 0. The molecule has 4 heteroatoms. The van der Waals surface area contributed by atoms with Gasteiger partial charge in [-0.05, 0) is 68.3 Å². The summed E-state index contributed by atoms with van der Waals surface area (Å²) in [6, 6.07) is 40.7. The van der Waals surface area contributed by atoms with E-state index in [-0.39, 0.29) is 0 Å². The Morgan fingerprint density at radius 2 is 0.974 bits per heavy atom. The molecule has 0 radical (unpaired) electrons. The van der Waals surface area contributed by atoms with E-state index < -0.39 is 0 Å². The summed E-state index contributed by atoms with van der Waals surface area (Å²) in [5, 5.41) is 12.0. The fourth-order valence-corrected chi connectivity index (χ4v) is 5.95. The molecule has 0 saturated carbocycles. The average Bonchev–Trinajstić information content (AvgIpc) is 3.53. The van der Waals surface area contributed by atoms with Crippen LogP contribution in [0.15, 0.2) is 115 Å². The highest BCUT2D eigenvalue weighted by Gasteiger charge is 2.20. The molecule has 7 rings (SSSR count). The van der Waals surface area contributed by atoms with Crippen LogP contribution in [0.3, 0.4) is 0 Å². The molecule has 0 atom stereocenters. The average molecular weight is 505 g/mol. The molecule has 7 aromatic rings. The lowest BCUT2D eigenvalue weighted by molar-refractivity contribution is 1.06. The molecule has 0 aliphatic carbocycles. The van der Waals surface area contributed by atoms with Gasteiger partial charge in [-0.25, -0.2) is 0 Å². The topological polar surface area (TPSA) is 35.6 Å². The number of benzene rings is 5. The summed E-state index contributed by atoms with van der Waals surface area (Å²) in [6.45, 7) is 6.45. The molecule has 0 aliphatic rings. The quantitative estimate of drug-likeness (QED) is 0.240. The van der Waals surface area contributed by atoms with Gasteiger partial charge in [0.15, 0.2) is 11.6 Å². The molecule has 0 saturated heterocycles. The number of aromatic nitrogens is 4. The zero-order valence-electron chi connectivity index (χ0n) is 22.3. The van der Waals surface area contributed by atoms with E-state index in [1.807, 2.05) is 18.2 Å². The van der Waals surface area contributed by atoms with E-state index in [1.165, 1.54) is 38.5 Å². The third kappa shape index (κ3) is 3.76. The molecule has 2 heterocycles. The predicted octanol–water partition coefficient (Wildman–Crippen LogP) is 8.62. The van der Waals surface area contributed by atoms with Crippen molar-refractivity contribution in [2.24, 2.45) is 0 Å². The molecule has 188 valence electrons. The Kier molecular flexibility index (Phi) is 5.41. The summed E-state index contributed by atoms with van der Waals surface area (Å²) in [6.07, 6.45) is 0. The zero-order valence-corrected chi connectivity index (χ0v) is 22.3. The number of nitrogens with zero attached hydrogens (tertiary/aromatic N) is 4. The highest BCUT2D eigenvalue weighted by Crippen LogP contribution is 2.35. The summed E-state index contributed by atoms with van der Waals surface area (Å²) in [4.78, 5) is 0. The Morgan fingerprint density at radius 3 is 1.56 bits per heavy atom. The van der Waals surface area contributed by atoms with Crippen molar-refractivity contribution in [3.05, 3.63) is 132 Å². The largest absolute Gasteiger partial charge is 0.309 e. The van der Waals surface area contributed by atoms with Crippen LogP contribution in [0, 0.1) is 20.8 Å². The van der Waals surface area contributed by atoms with E-state index in [1.54, 1.807) is 0 Å². The highest BCUT2D eigenvalue weighted by atomic mass is 15.3. The summed E-state index contributed by atoms with van der Waals surface area (Å²) < 4.78 is 4.53. The lowest BCUT2D eigenvalue weighted by Gasteiger charge is -2.16. The minimum atomic E-state index is 0.828. The second-order valence-electron chi connectivity index (χ2n) is 10.2. The fourth-order valence-electron chi connectivity index (χ4n) is 5.95. The third-order valence-corrected chi connectivity index (χ3v) is 7.54. The van der Waals surface area contributed by atoms with Gasteiger partial charge in [-0.15, -0.1) is 10.2 Å². The van der Waals surface area contributed by atoms with Crippen molar-refractivity contribution < 1.29 is 0 Å². The maximum atomic E-state index is 4.75. The van der Waals surface area contributed by atoms with Crippen LogP contribution in [0.4, 0.5) is 0 Å². The first-order valence-corrected chi connectivity index (χ1v) is 13.3. The lowest BCUT2D eigenvalue weighted by atomic mass is 9.99. The smallest absolute Gasteiger partial charge is 0.169 e. The second kappa shape index (κ2) is 9.10. The highest BCUT2D eigenvalue weighted by molar-refractivity contribution is 6.09. The maximum Gasteiger partial charge on any atom is 0.169 e. The third-order valence-electron chi connectivity index (χ3n) is 7.54. The van der Waals surface area contributed by atoms with Crippen LogP contribution < -0.4 is 0 Å². The van der Waals surface area contributed by atoms with Crippen LogP contribution in [0.25, 0.3) is 56.0 Å². The summed E-state index contributed by atoms with van der Waals surface area (Å²) in [5.41, 5.74) is 10.3. The Morgan fingerprint density at radius 1 is 0.487 bits per heavy atom. The van der Waals surface area contributed by atoms with Gasteiger partial charge in [0.2, 0.25) is 0 Å². The van der Waals surface area contributed by atoms with Crippen LogP contribution in [-0.2, 0) is 0 Å². The van der Waals surface area contributed by atoms with Gasteiger partial charge in [0.05, 0.1) is 11.0 Å². The minimum absolute atomic E-state index is 0.828. The second-order valence-corrected chi connectivity index (χ2v) is 10.2. The Bertz CT molecular complexity index is 1900. The number of rotatable bonds is 4.